The van der Waals surface area contributed by atoms with Gasteiger partial charge < -0.3 is 4.42 Å². The van der Waals surface area contributed by atoms with Crippen LogP contribution in [-0.4, -0.2) is 10.9 Å². The Bertz CT molecular complexity index is 1390. The Kier molecular flexibility index (Phi) is 4.83. The van der Waals surface area contributed by atoms with Crippen LogP contribution < -0.4 is 10.3 Å². The molecule has 2 aromatic heterocycles. The largest absolute Gasteiger partial charge is 0.450 e. The van der Waals surface area contributed by atoms with E-state index >= 15 is 0 Å². The minimum atomic E-state index is -0.589. The molecule has 0 bridgehead atoms. The van der Waals surface area contributed by atoms with Gasteiger partial charge in [0.25, 0.3) is 5.91 Å². The molecule has 0 fully saturated rings. The van der Waals surface area contributed by atoms with Gasteiger partial charge in [-0.2, -0.15) is 0 Å². The van der Waals surface area contributed by atoms with Crippen LogP contribution >= 0.6 is 27.3 Å². The van der Waals surface area contributed by atoms with Gasteiger partial charge in [-0.15, -0.1) is 11.3 Å². The minimum absolute atomic E-state index is 0.0885. The van der Waals surface area contributed by atoms with Crippen LogP contribution in [0.3, 0.4) is 0 Å². The SMILES string of the molecule is Cc1csc(N2C(=O)c3oc4ccc(Br)cc4c(=O)c3[C@H]2c2ccc(C(C)C)cc2)n1. The summed E-state index contributed by atoms with van der Waals surface area (Å²) in [5, 5.41) is 2.89. The molecule has 1 aliphatic rings. The number of carbonyl (C=O) groups excluding carboxylic acids is 1. The highest BCUT2D eigenvalue weighted by molar-refractivity contribution is 9.10. The summed E-state index contributed by atoms with van der Waals surface area (Å²) in [6, 6.07) is 12.7. The van der Waals surface area contributed by atoms with Gasteiger partial charge >= 0.3 is 0 Å². The number of thiazole rings is 1. The van der Waals surface area contributed by atoms with Crippen molar-refractivity contribution in [1.82, 2.24) is 4.98 Å². The van der Waals surface area contributed by atoms with E-state index in [1.54, 1.807) is 23.1 Å². The molecule has 0 saturated carbocycles. The van der Waals surface area contributed by atoms with E-state index in [1.807, 2.05) is 36.6 Å². The number of halogens is 1. The summed E-state index contributed by atoms with van der Waals surface area (Å²) in [6.45, 7) is 6.15. The van der Waals surface area contributed by atoms with E-state index in [0.717, 1.165) is 15.7 Å². The molecule has 2 aromatic carbocycles. The third kappa shape index (κ3) is 3.23. The summed E-state index contributed by atoms with van der Waals surface area (Å²) in [5.74, 6) is 0.130. The Morgan fingerprint density at radius 2 is 1.87 bits per heavy atom. The number of fused-ring (bicyclic) bond motifs is 2. The molecule has 1 aliphatic heterocycles. The molecule has 1 amide bonds. The second-order valence-corrected chi connectivity index (χ2v) is 9.74. The second-order valence-electron chi connectivity index (χ2n) is 7.98. The van der Waals surface area contributed by atoms with E-state index in [2.05, 4.69) is 34.8 Å². The highest BCUT2D eigenvalue weighted by atomic mass is 79.9. The maximum atomic E-state index is 13.6. The topological polar surface area (TPSA) is 63.4 Å². The van der Waals surface area contributed by atoms with Crippen LogP contribution in [0, 0.1) is 6.92 Å². The zero-order chi connectivity index (χ0) is 21.9. The monoisotopic (exact) mass is 494 g/mol. The molecule has 7 heteroatoms. The smallest absolute Gasteiger partial charge is 0.297 e. The van der Waals surface area contributed by atoms with Crippen LogP contribution in [0.5, 0.6) is 0 Å². The molecule has 4 aromatic rings. The van der Waals surface area contributed by atoms with Crippen molar-refractivity contribution in [2.45, 2.75) is 32.7 Å². The van der Waals surface area contributed by atoms with E-state index < -0.39 is 6.04 Å². The maximum Gasteiger partial charge on any atom is 0.297 e. The lowest BCUT2D eigenvalue weighted by Gasteiger charge is -2.23. The summed E-state index contributed by atoms with van der Waals surface area (Å²) in [4.78, 5) is 33.2. The lowest BCUT2D eigenvalue weighted by Crippen LogP contribution is -2.29. The number of anilines is 1. The van der Waals surface area contributed by atoms with Gasteiger partial charge in [0.05, 0.1) is 22.7 Å². The number of hydrogen-bond donors (Lipinski definition) is 0. The van der Waals surface area contributed by atoms with Crippen molar-refractivity contribution >= 4 is 49.3 Å². The Morgan fingerprint density at radius 1 is 1.13 bits per heavy atom. The normalized spacial score (nSPS) is 15.8. The number of aromatic nitrogens is 1. The van der Waals surface area contributed by atoms with E-state index in [0.29, 0.717) is 27.6 Å². The van der Waals surface area contributed by atoms with Crippen molar-refractivity contribution in [3.8, 4) is 0 Å². The molecule has 31 heavy (non-hydrogen) atoms. The Hall–Kier alpha value is -2.77. The molecule has 0 spiro atoms. The van der Waals surface area contributed by atoms with E-state index in [9.17, 15) is 9.59 Å². The summed E-state index contributed by atoms with van der Waals surface area (Å²) < 4.78 is 6.77. The molecule has 1 atom stereocenters. The van der Waals surface area contributed by atoms with Gasteiger partial charge in [-0.1, -0.05) is 54.0 Å². The Labute approximate surface area is 191 Å². The summed E-state index contributed by atoms with van der Waals surface area (Å²) >= 11 is 4.81. The molecule has 156 valence electrons. The maximum absolute atomic E-state index is 13.6. The van der Waals surface area contributed by atoms with Gasteiger partial charge in [-0.3, -0.25) is 14.5 Å². The molecular weight excluding hydrogens is 476 g/mol. The molecule has 0 unspecified atom stereocenters. The highest BCUT2D eigenvalue weighted by Gasteiger charge is 2.44. The number of amides is 1. The molecular formula is C24H19BrN2O3S. The van der Waals surface area contributed by atoms with Gasteiger partial charge in [0.1, 0.15) is 5.58 Å². The number of hydrogen-bond acceptors (Lipinski definition) is 5. The fraction of sp³-hybridized carbons (Fsp3) is 0.208. The minimum Gasteiger partial charge on any atom is -0.450 e. The first-order valence-electron chi connectivity index (χ1n) is 9.97. The number of rotatable bonds is 3. The predicted octanol–water partition coefficient (Wildman–Crippen LogP) is 6.19. The number of nitrogens with zero attached hydrogens (tertiary/aromatic N) is 2. The molecule has 0 saturated heterocycles. The van der Waals surface area contributed by atoms with Gasteiger partial charge in [-0.05, 0) is 42.2 Å². The lowest BCUT2D eigenvalue weighted by molar-refractivity contribution is 0.0971. The van der Waals surface area contributed by atoms with Gasteiger partial charge in [-0.25, -0.2) is 4.98 Å². The van der Waals surface area contributed by atoms with Crippen LogP contribution in [0.4, 0.5) is 5.13 Å². The summed E-state index contributed by atoms with van der Waals surface area (Å²) in [6.07, 6.45) is 0. The molecule has 0 N–H and O–H groups in total. The van der Waals surface area contributed by atoms with Crippen molar-refractivity contribution in [2.24, 2.45) is 0 Å². The van der Waals surface area contributed by atoms with Crippen LogP contribution in [0.15, 0.2) is 61.5 Å². The zero-order valence-corrected chi connectivity index (χ0v) is 19.6. The fourth-order valence-electron chi connectivity index (χ4n) is 3.97. The van der Waals surface area contributed by atoms with Gasteiger partial charge in [0.15, 0.2) is 10.6 Å². The predicted molar refractivity (Wildman–Crippen MR) is 126 cm³/mol. The van der Waals surface area contributed by atoms with Crippen molar-refractivity contribution in [3.05, 3.63) is 90.7 Å². The first-order chi connectivity index (χ1) is 14.8. The number of aryl methyl sites for hydroxylation is 1. The second kappa shape index (κ2) is 7.43. The molecule has 0 radical (unpaired) electrons. The summed E-state index contributed by atoms with van der Waals surface area (Å²) in [7, 11) is 0. The van der Waals surface area contributed by atoms with E-state index in [1.165, 1.54) is 16.9 Å². The molecule has 5 nitrogen and oxygen atoms in total. The van der Waals surface area contributed by atoms with Crippen molar-refractivity contribution in [1.29, 1.82) is 0 Å². The average Bonchev–Trinajstić information content (AvgIpc) is 3.30. The van der Waals surface area contributed by atoms with Crippen LogP contribution in [0.25, 0.3) is 11.0 Å². The van der Waals surface area contributed by atoms with Crippen molar-refractivity contribution in [2.75, 3.05) is 4.90 Å². The van der Waals surface area contributed by atoms with E-state index in [4.69, 9.17) is 4.42 Å². The first kappa shape index (κ1) is 20.2. The van der Waals surface area contributed by atoms with E-state index in [-0.39, 0.29) is 17.1 Å². The molecule has 5 rings (SSSR count). The highest BCUT2D eigenvalue weighted by Crippen LogP contribution is 2.42. The lowest BCUT2D eigenvalue weighted by atomic mass is 9.95. The van der Waals surface area contributed by atoms with Crippen molar-refractivity contribution in [3.63, 3.8) is 0 Å². The van der Waals surface area contributed by atoms with Crippen LogP contribution in [0.1, 0.15) is 58.7 Å². The average molecular weight is 495 g/mol. The van der Waals surface area contributed by atoms with Crippen molar-refractivity contribution < 1.29 is 9.21 Å². The molecule has 3 heterocycles. The van der Waals surface area contributed by atoms with Crippen LogP contribution in [0.2, 0.25) is 0 Å². The number of carbonyl (C=O) groups is 1. The third-order valence-corrected chi connectivity index (χ3v) is 7.02. The Morgan fingerprint density at radius 3 is 2.52 bits per heavy atom. The molecule has 0 aliphatic carbocycles. The van der Waals surface area contributed by atoms with Gasteiger partial charge in [0.2, 0.25) is 5.76 Å². The Balaban J connectivity index is 1.78. The standard InChI is InChI=1S/C24H19BrN2O3S/c1-12(2)14-4-6-15(7-5-14)20-19-21(28)17-10-16(25)8-9-18(17)30-22(19)23(29)27(20)24-26-13(3)11-31-24/h4-12,20H,1-3H3/t20-/m1/s1. The fourth-order valence-corrected chi connectivity index (χ4v) is 5.16. The van der Waals surface area contributed by atoms with Gasteiger partial charge in [0, 0.05) is 9.85 Å². The summed E-state index contributed by atoms with van der Waals surface area (Å²) in [5.41, 5.74) is 3.43. The first-order valence-corrected chi connectivity index (χ1v) is 11.6. The number of benzene rings is 2. The third-order valence-electron chi connectivity index (χ3n) is 5.56. The quantitative estimate of drug-likeness (QED) is 0.340. The zero-order valence-electron chi connectivity index (χ0n) is 17.2. The van der Waals surface area contributed by atoms with Crippen LogP contribution in [-0.2, 0) is 0 Å².